The van der Waals surface area contributed by atoms with E-state index in [2.05, 4.69) is 15.2 Å². The third-order valence-corrected chi connectivity index (χ3v) is 3.56. The number of rotatable bonds is 2. The summed E-state index contributed by atoms with van der Waals surface area (Å²) in [7, 11) is 0. The Balaban J connectivity index is 2.15. The van der Waals surface area contributed by atoms with Crippen molar-refractivity contribution in [3.8, 4) is 0 Å². The fourth-order valence-electron chi connectivity index (χ4n) is 2.26. The zero-order valence-corrected chi connectivity index (χ0v) is 10.9. The first kappa shape index (κ1) is 12.7. The summed E-state index contributed by atoms with van der Waals surface area (Å²) in [5.74, 6) is -0.356. The average molecular weight is 250 g/mol. The number of carbonyl (C=O) groups is 1. The molecular weight excluding hydrogens is 232 g/mol. The van der Waals surface area contributed by atoms with Crippen LogP contribution >= 0.6 is 0 Å². The van der Waals surface area contributed by atoms with Gasteiger partial charge in [-0.1, -0.05) is 0 Å². The van der Waals surface area contributed by atoms with E-state index >= 15 is 0 Å². The summed E-state index contributed by atoms with van der Waals surface area (Å²) >= 11 is 0. The predicted molar refractivity (Wildman–Crippen MR) is 66.5 cm³/mol. The molecule has 98 valence electrons. The molecule has 0 saturated carbocycles. The number of carboxylic acid groups (broad SMARTS) is 1. The molecule has 0 amide bonds. The number of hydrogen-bond acceptors (Lipinski definition) is 5. The number of carboxylic acids is 1. The van der Waals surface area contributed by atoms with E-state index in [-0.39, 0.29) is 12.0 Å². The molecule has 1 aromatic heterocycles. The quantitative estimate of drug-likeness (QED) is 0.849. The van der Waals surface area contributed by atoms with Crippen molar-refractivity contribution in [1.82, 2.24) is 15.2 Å². The van der Waals surface area contributed by atoms with Crippen LogP contribution in [0.1, 0.15) is 31.2 Å². The van der Waals surface area contributed by atoms with Crippen LogP contribution in [0.4, 0.5) is 5.95 Å². The number of aromatic nitrogens is 3. The summed E-state index contributed by atoms with van der Waals surface area (Å²) in [5.41, 5.74) is 1.69. The molecule has 2 unspecified atom stereocenters. The van der Waals surface area contributed by atoms with Gasteiger partial charge in [0.2, 0.25) is 5.95 Å². The van der Waals surface area contributed by atoms with Crippen molar-refractivity contribution in [3.05, 3.63) is 11.4 Å². The minimum absolute atomic E-state index is 0.128. The van der Waals surface area contributed by atoms with E-state index in [1.807, 2.05) is 25.7 Å². The second-order valence-electron chi connectivity index (χ2n) is 4.88. The monoisotopic (exact) mass is 250 g/mol. The second kappa shape index (κ2) is 4.88. The van der Waals surface area contributed by atoms with Crippen molar-refractivity contribution in [1.29, 1.82) is 0 Å². The van der Waals surface area contributed by atoms with Gasteiger partial charge < -0.3 is 10.0 Å². The molecule has 1 aliphatic heterocycles. The number of hydrogen-bond donors (Lipinski definition) is 1. The first-order valence-corrected chi connectivity index (χ1v) is 6.16. The maximum absolute atomic E-state index is 11.0. The zero-order valence-electron chi connectivity index (χ0n) is 10.9. The second-order valence-corrected chi connectivity index (χ2v) is 4.88. The molecule has 1 N–H and O–H groups in total. The predicted octanol–water partition coefficient (Wildman–Crippen LogP) is 1.18. The first-order valence-electron chi connectivity index (χ1n) is 6.16. The molecule has 6 heteroatoms. The summed E-state index contributed by atoms with van der Waals surface area (Å²) < 4.78 is 0. The van der Waals surface area contributed by atoms with Gasteiger partial charge in [0.15, 0.2) is 0 Å². The number of nitrogens with zero attached hydrogens (tertiary/aromatic N) is 4. The van der Waals surface area contributed by atoms with Crippen LogP contribution in [-0.2, 0) is 4.79 Å². The summed E-state index contributed by atoms with van der Waals surface area (Å²) in [5, 5.41) is 17.2. The number of aliphatic carboxylic acids is 1. The Morgan fingerprint density at radius 2 is 2.06 bits per heavy atom. The number of aryl methyl sites for hydroxylation is 2. The summed E-state index contributed by atoms with van der Waals surface area (Å²) in [4.78, 5) is 17.4. The molecule has 2 rings (SSSR count). The van der Waals surface area contributed by atoms with Gasteiger partial charge in [-0.05, 0) is 33.6 Å². The molecule has 1 aliphatic rings. The standard InChI is InChI=1S/C12H18N4O2/c1-7-6-10(11(17)18)4-5-16(7)12-13-8(2)9(3)14-15-12/h7,10H,4-6H2,1-3H3,(H,17,18). The van der Waals surface area contributed by atoms with Crippen molar-refractivity contribution >= 4 is 11.9 Å². The van der Waals surface area contributed by atoms with Crippen LogP contribution in [-0.4, -0.2) is 38.8 Å². The Morgan fingerprint density at radius 1 is 1.33 bits per heavy atom. The van der Waals surface area contributed by atoms with E-state index in [9.17, 15) is 4.79 Å². The smallest absolute Gasteiger partial charge is 0.306 e. The minimum atomic E-state index is -0.708. The van der Waals surface area contributed by atoms with Crippen LogP contribution in [0.15, 0.2) is 0 Å². The highest BCUT2D eigenvalue weighted by Crippen LogP contribution is 2.25. The van der Waals surface area contributed by atoms with Crippen molar-refractivity contribution in [2.45, 2.75) is 39.7 Å². The van der Waals surface area contributed by atoms with Crippen molar-refractivity contribution < 1.29 is 9.90 Å². The lowest BCUT2D eigenvalue weighted by atomic mass is 9.92. The van der Waals surface area contributed by atoms with E-state index in [0.717, 1.165) is 11.4 Å². The Bertz CT molecular complexity index is 463. The first-order chi connectivity index (χ1) is 8.49. The zero-order chi connectivity index (χ0) is 13.3. The summed E-state index contributed by atoms with van der Waals surface area (Å²) in [6, 6.07) is 0.128. The maximum Gasteiger partial charge on any atom is 0.306 e. The molecule has 1 fully saturated rings. The Kier molecular flexibility index (Phi) is 3.45. The van der Waals surface area contributed by atoms with Gasteiger partial charge in [-0.3, -0.25) is 4.79 Å². The van der Waals surface area contributed by atoms with Gasteiger partial charge in [0.1, 0.15) is 0 Å². The largest absolute Gasteiger partial charge is 0.481 e. The average Bonchev–Trinajstić information content (AvgIpc) is 2.32. The van der Waals surface area contributed by atoms with Crippen LogP contribution in [0.3, 0.4) is 0 Å². The van der Waals surface area contributed by atoms with E-state index < -0.39 is 5.97 Å². The van der Waals surface area contributed by atoms with Gasteiger partial charge in [-0.15, -0.1) is 5.10 Å². The molecule has 2 atom stereocenters. The highest BCUT2D eigenvalue weighted by Gasteiger charge is 2.31. The lowest BCUT2D eigenvalue weighted by Crippen LogP contribution is -2.43. The fraction of sp³-hybridized carbons (Fsp3) is 0.667. The molecule has 6 nitrogen and oxygen atoms in total. The van der Waals surface area contributed by atoms with Gasteiger partial charge in [0.25, 0.3) is 0 Å². The summed E-state index contributed by atoms with van der Waals surface area (Å²) in [6.45, 7) is 6.46. The molecular formula is C12H18N4O2. The summed E-state index contributed by atoms with van der Waals surface area (Å²) in [6.07, 6.45) is 1.27. The third-order valence-electron chi connectivity index (χ3n) is 3.56. The van der Waals surface area contributed by atoms with Gasteiger partial charge >= 0.3 is 5.97 Å². The lowest BCUT2D eigenvalue weighted by molar-refractivity contribution is -0.142. The van der Waals surface area contributed by atoms with Gasteiger partial charge in [0.05, 0.1) is 17.3 Å². The number of anilines is 1. The van der Waals surface area contributed by atoms with E-state index in [4.69, 9.17) is 5.11 Å². The van der Waals surface area contributed by atoms with E-state index in [0.29, 0.717) is 25.3 Å². The molecule has 0 aliphatic carbocycles. The van der Waals surface area contributed by atoms with Crippen molar-refractivity contribution in [3.63, 3.8) is 0 Å². The van der Waals surface area contributed by atoms with Crippen LogP contribution in [0.5, 0.6) is 0 Å². The van der Waals surface area contributed by atoms with Gasteiger partial charge in [-0.2, -0.15) is 5.10 Å². The highest BCUT2D eigenvalue weighted by molar-refractivity contribution is 5.70. The Morgan fingerprint density at radius 3 is 2.61 bits per heavy atom. The van der Waals surface area contributed by atoms with E-state index in [1.165, 1.54) is 0 Å². The van der Waals surface area contributed by atoms with E-state index in [1.54, 1.807) is 0 Å². The third kappa shape index (κ3) is 2.42. The fourth-order valence-corrected chi connectivity index (χ4v) is 2.26. The molecule has 0 aromatic carbocycles. The topological polar surface area (TPSA) is 79.2 Å². The van der Waals surface area contributed by atoms with Crippen molar-refractivity contribution in [2.75, 3.05) is 11.4 Å². The Hall–Kier alpha value is -1.72. The molecule has 1 saturated heterocycles. The molecule has 18 heavy (non-hydrogen) atoms. The van der Waals surface area contributed by atoms with Crippen LogP contribution in [0.25, 0.3) is 0 Å². The lowest BCUT2D eigenvalue weighted by Gasteiger charge is -2.36. The van der Waals surface area contributed by atoms with Crippen LogP contribution < -0.4 is 4.90 Å². The number of piperidine rings is 1. The maximum atomic E-state index is 11.0. The molecule has 0 bridgehead atoms. The van der Waals surface area contributed by atoms with Crippen LogP contribution in [0, 0.1) is 19.8 Å². The molecule has 2 heterocycles. The SMILES string of the molecule is Cc1nnc(N2CCC(C(=O)O)CC2C)nc1C. The molecule has 0 radical (unpaired) electrons. The van der Waals surface area contributed by atoms with Crippen molar-refractivity contribution in [2.24, 2.45) is 5.92 Å². The normalized spacial score (nSPS) is 24.1. The van der Waals surface area contributed by atoms with Gasteiger partial charge in [-0.25, -0.2) is 4.98 Å². The molecule has 0 spiro atoms. The minimum Gasteiger partial charge on any atom is -0.481 e. The Labute approximate surface area is 106 Å². The van der Waals surface area contributed by atoms with Crippen LogP contribution in [0.2, 0.25) is 0 Å². The highest BCUT2D eigenvalue weighted by atomic mass is 16.4. The molecule has 1 aromatic rings. The van der Waals surface area contributed by atoms with Gasteiger partial charge in [0, 0.05) is 12.6 Å².